The van der Waals surface area contributed by atoms with E-state index in [1.807, 2.05) is 36.9 Å². The molecule has 0 aromatic carbocycles. The van der Waals surface area contributed by atoms with Crippen LogP contribution in [0.15, 0.2) is 24.4 Å². The van der Waals surface area contributed by atoms with E-state index in [0.717, 1.165) is 56.1 Å². The van der Waals surface area contributed by atoms with E-state index in [-0.39, 0.29) is 5.91 Å². The van der Waals surface area contributed by atoms with Crippen molar-refractivity contribution in [2.24, 2.45) is 0 Å². The molecular weight excluding hydrogens is 314 g/mol. The molecule has 0 saturated carbocycles. The van der Waals surface area contributed by atoms with Crippen molar-refractivity contribution >= 4 is 5.91 Å². The minimum atomic E-state index is 0.0844. The second-order valence-corrected chi connectivity index (χ2v) is 6.72. The normalized spacial score (nSPS) is 15.3. The maximum Gasteiger partial charge on any atom is 0.255 e. The number of nitrogens with one attached hydrogen (secondary N) is 1. The van der Waals surface area contributed by atoms with Crippen molar-refractivity contribution in [2.45, 2.75) is 46.1 Å². The number of carbonyl (C=O) groups is 1. The molecule has 134 valence electrons. The lowest BCUT2D eigenvalue weighted by atomic mass is 10.0. The fourth-order valence-corrected chi connectivity index (χ4v) is 3.47. The van der Waals surface area contributed by atoms with E-state index in [9.17, 15) is 4.79 Å². The summed E-state index contributed by atoms with van der Waals surface area (Å²) in [6.07, 6.45) is 4.68. The number of pyridine rings is 1. The van der Waals surface area contributed by atoms with Gasteiger partial charge in [-0.2, -0.15) is 5.10 Å². The van der Waals surface area contributed by atoms with Crippen molar-refractivity contribution in [1.29, 1.82) is 0 Å². The average Bonchev–Trinajstić information content (AvgIpc) is 2.98. The van der Waals surface area contributed by atoms with Crippen LogP contribution in [0.2, 0.25) is 0 Å². The molecule has 1 aliphatic heterocycles. The van der Waals surface area contributed by atoms with Crippen molar-refractivity contribution < 1.29 is 4.79 Å². The quantitative estimate of drug-likeness (QED) is 0.907. The van der Waals surface area contributed by atoms with E-state index in [1.165, 1.54) is 0 Å². The Bertz CT molecular complexity index is 716. The number of rotatable bonds is 5. The van der Waals surface area contributed by atoms with Crippen molar-refractivity contribution in [3.8, 4) is 5.82 Å². The molecule has 1 fully saturated rings. The molecule has 0 bridgehead atoms. The Hall–Kier alpha value is -2.21. The lowest BCUT2D eigenvalue weighted by Gasteiger charge is -2.34. The largest absolute Gasteiger partial charge is 0.336 e. The monoisotopic (exact) mass is 341 g/mol. The summed E-state index contributed by atoms with van der Waals surface area (Å²) in [7, 11) is 0. The third-order valence-electron chi connectivity index (χ3n) is 4.70. The topological polar surface area (TPSA) is 63.1 Å². The van der Waals surface area contributed by atoms with Gasteiger partial charge >= 0.3 is 0 Å². The Morgan fingerprint density at radius 1 is 1.32 bits per heavy atom. The van der Waals surface area contributed by atoms with Crippen LogP contribution in [0.4, 0.5) is 0 Å². The van der Waals surface area contributed by atoms with Gasteiger partial charge in [0, 0.05) is 24.5 Å². The number of hydrogen-bond donors (Lipinski definition) is 1. The number of aryl methyl sites for hydroxylation is 2. The SMILES string of the molecule is CCCN(C(=O)c1ccc(-n2nc(C)cc2C)nc1)C1CCNCC1. The van der Waals surface area contributed by atoms with E-state index in [4.69, 9.17) is 0 Å². The van der Waals surface area contributed by atoms with Gasteiger partial charge in [-0.3, -0.25) is 4.79 Å². The molecule has 2 aromatic rings. The number of nitrogens with zero attached hydrogens (tertiary/aromatic N) is 4. The first-order valence-corrected chi connectivity index (χ1v) is 9.11. The fraction of sp³-hybridized carbons (Fsp3) is 0.526. The van der Waals surface area contributed by atoms with Gasteiger partial charge < -0.3 is 10.2 Å². The minimum absolute atomic E-state index is 0.0844. The fourth-order valence-electron chi connectivity index (χ4n) is 3.47. The Kier molecular flexibility index (Phi) is 5.48. The van der Waals surface area contributed by atoms with Crippen LogP contribution < -0.4 is 5.32 Å². The number of piperidine rings is 1. The van der Waals surface area contributed by atoms with E-state index < -0.39 is 0 Å². The number of aromatic nitrogens is 3. The van der Waals surface area contributed by atoms with Crippen LogP contribution in [-0.2, 0) is 0 Å². The number of amides is 1. The second kappa shape index (κ2) is 7.78. The van der Waals surface area contributed by atoms with Crippen molar-refractivity contribution in [1.82, 2.24) is 25.0 Å². The van der Waals surface area contributed by atoms with E-state index in [0.29, 0.717) is 11.6 Å². The summed E-state index contributed by atoms with van der Waals surface area (Å²) < 4.78 is 1.81. The van der Waals surface area contributed by atoms with Crippen LogP contribution in [-0.4, -0.2) is 51.2 Å². The van der Waals surface area contributed by atoms with Gasteiger partial charge in [0.25, 0.3) is 5.91 Å². The Morgan fingerprint density at radius 2 is 2.08 bits per heavy atom. The first kappa shape index (κ1) is 17.6. The summed E-state index contributed by atoms with van der Waals surface area (Å²) >= 11 is 0. The summed E-state index contributed by atoms with van der Waals surface area (Å²) in [5, 5.41) is 7.81. The van der Waals surface area contributed by atoms with Crippen molar-refractivity contribution in [3.63, 3.8) is 0 Å². The predicted octanol–water partition coefficient (Wildman–Crippen LogP) is 2.49. The first-order valence-electron chi connectivity index (χ1n) is 9.11. The summed E-state index contributed by atoms with van der Waals surface area (Å²) in [6.45, 7) is 8.83. The Labute approximate surface area is 149 Å². The Balaban J connectivity index is 1.79. The molecule has 0 unspecified atom stereocenters. The summed E-state index contributed by atoms with van der Waals surface area (Å²) in [6, 6.07) is 6.08. The number of carbonyl (C=O) groups excluding carboxylic acids is 1. The highest BCUT2D eigenvalue weighted by atomic mass is 16.2. The maximum absolute atomic E-state index is 13.0. The second-order valence-electron chi connectivity index (χ2n) is 6.72. The summed E-state index contributed by atoms with van der Waals surface area (Å²) in [5.41, 5.74) is 2.64. The molecule has 2 aromatic heterocycles. The molecule has 6 heteroatoms. The zero-order valence-corrected chi connectivity index (χ0v) is 15.3. The van der Waals surface area contributed by atoms with Crippen molar-refractivity contribution in [3.05, 3.63) is 41.3 Å². The molecule has 0 spiro atoms. The van der Waals surface area contributed by atoms with E-state index in [1.54, 1.807) is 10.9 Å². The molecule has 1 N–H and O–H groups in total. The van der Waals surface area contributed by atoms with Gasteiger partial charge in [-0.25, -0.2) is 9.67 Å². The lowest BCUT2D eigenvalue weighted by Crippen LogP contribution is -2.46. The van der Waals surface area contributed by atoms with Gasteiger partial charge in [-0.15, -0.1) is 0 Å². The zero-order valence-electron chi connectivity index (χ0n) is 15.3. The van der Waals surface area contributed by atoms with Gasteiger partial charge in [0.05, 0.1) is 11.3 Å². The third kappa shape index (κ3) is 3.90. The van der Waals surface area contributed by atoms with Gasteiger partial charge in [0.15, 0.2) is 5.82 Å². The van der Waals surface area contributed by atoms with Gasteiger partial charge in [0.1, 0.15) is 0 Å². The molecule has 6 nitrogen and oxygen atoms in total. The van der Waals surface area contributed by atoms with Gasteiger partial charge in [0.2, 0.25) is 0 Å². The number of hydrogen-bond acceptors (Lipinski definition) is 4. The summed E-state index contributed by atoms with van der Waals surface area (Å²) in [4.78, 5) is 19.5. The summed E-state index contributed by atoms with van der Waals surface area (Å²) in [5.74, 6) is 0.826. The van der Waals surface area contributed by atoms with Crippen LogP contribution in [0.1, 0.15) is 47.9 Å². The van der Waals surface area contributed by atoms with Crippen LogP contribution in [0.5, 0.6) is 0 Å². The minimum Gasteiger partial charge on any atom is -0.336 e. The zero-order chi connectivity index (χ0) is 17.8. The van der Waals surface area contributed by atoms with Crippen LogP contribution in [0.3, 0.4) is 0 Å². The van der Waals surface area contributed by atoms with Crippen LogP contribution >= 0.6 is 0 Å². The van der Waals surface area contributed by atoms with Crippen LogP contribution in [0, 0.1) is 13.8 Å². The highest BCUT2D eigenvalue weighted by Gasteiger charge is 2.25. The van der Waals surface area contributed by atoms with E-state index in [2.05, 4.69) is 22.3 Å². The average molecular weight is 341 g/mol. The molecule has 1 saturated heterocycles. The van der Waals surface area contributed by atoms with Crippen LogP contribution in [0.25, 0.3) is 5.82 Å². The standard InChI is InChI=1S/C19H27N5O/c1-4-11-23(17-7-9-20-10-8-17)19(25)16-5-6-18(21-13-16)24-15(3)12-14(2)22-24/h5-6,12-13,17,20H,4,7-11H2,1-3H3. The lowest BCUT2D eigenvalue weighted by molar-refractivity contribution is 0.0642. The smallest absolute Gasteiger partial charge is 0.255 e. The maximum atomic E-state index is 13.0. The molecule has 1 aliphatic rings. The molecule has 1 amide bonds. The predicted molar refractivity (Wildman–Crippen MR) is 98.1 cm³/mol. The molecule has 0 radical (unpaired) electrons. The molecule has 3 heterocycles. The molecule has 0 aliphatic carbocycles. The highest BCUT2D eigenvalue weighted by molar-refractivity contribution is 5.94. The third-order valence-corrected chi connectivity index (χ3v) is 4.70. The highest BCUT2D eigenvalue weighted by Crippen LogP contribution is 2.17. The first-order chi connectivity index (χ1) is 12.1. The Morgan fingerprint density at radius 3 is 2.64 bits per heavy atom. The molecule has 0 atom stereocenters. The molecular formula is C19H27N5O. The molecule has 3 rings (SSSR count). The van der Waals surface area contributed by atoms with Crippen molar-refractivity contribution in [2.75, 3.05) is 19.6 Å². The van der Waals surface area contributed by atoms with Gasteiger partial charge in [-0.05, 0) is 64.4 Å². The molecule has 25 heavy (non-hydrogen) atoms. The van der Waals surface area contributed by atoms with Gasteiger partial charge in [-0.1, -0.05) is 6.92 Å². The van der Waals surface area contributed by atoms with E-state index >= 15 is 0 Å².